The van der Waals surface area contributed by atoms with Crippen molar-refractivity contribution in [2.75, 3.05) is 19.7 Å². The number of ketones is 1. The van der Waals surface area contributed by atoms with Gasteiger partial charge in [0.25, 0.3) is 5.91 Å². The number of nitrogens with one attached hydrogen (secondary N) is 2. The Hall–Kier alpha value is -1.59. The summed E-state index contributed by atoms with van der Waals surface area (Å²) in [6.07, 6.45) is 0.950. The van der Waals surface area contributed by atoms with Crippen LogP contribution < -0.4 is 15.4 Å². The van der Waals surface area contributed by atoms with Gasteiger partial charge in [-0.3, -0.25) is 9.59 Å². The van der Waals surface area contributed by atoms with Crippen LogP contribution in [-0.2, 0) is 4.79 Å². The zero-order chi connectivity index (χ0) is 13.7. The van der Waals surface area contributed by atoms with Gasteiger partial charge in [-0.1, -0.05) is 12.1 Å². The lowest BCUT2D eigenvalue weighted by Gasteiger charge is -2.12. The Labute approximate surface area is 124 Å². The quantitative estimate of drug-likeness (QED) is 0.801. The van der Waals surface area contributed by atoms with Crippen LogP contribution in [0.3, 0.4) is 0 Å². The Kier molecular flexibility index (Phi) is 6.48. The van der Waals surface area contributed by atoms with Gasteiger partial charge in [-0.05, 0) is 32.0 Å². The molecule has 1 fully saturated rings. The average Bonchev–Trinajstić information content (AvgIpc) is 2.89. The highest BCUT2D eigenvalue weighted by molar-refractivity contribution is 5.94. The van der Waals surface area contributed by atoms with E-state index in [9.17, 15) is 9.59 Å². The fraction of sp³-hybridized carbons (Fsp3) is 0.429. The predicted octanol–water partition coefficient (Wildman–Crippen LogP) is 1.17. The summed E-state index contributed by atoms with van der Waals surface area (Å²) >= 11 is 0. The Morgan fingerprint density at radius 1 is 1.45 bits per heavy atom. The smallest absolute Gasteiger partial charge is 0.258 e. The topological polar surface area (TPSA) is 67.4 Å². The molecule has 1 heterocycles. The summed E-state index contributed by atoms with van der Waals surface area (Å²) in [5.74, 6) is 0.376. The number of rotatable bonds is 5. The summed E-state index contributed by atoms with van der Waals surface area (Å²) in [6.45, 7) is 3.22. The van der Waals surface area contributed by atoms with Crippen LogP contribution in [0.15, 0.2) is 24.3 Å². The Morgan fingerprint density at radius 2 is 2.25 bits per heavy atom. The van der Waals surface area contributed by atoms with E-state index in [-0.39, 0.29) is 36.7 Å². The summed E-state index contributed by atoms with van der Waals surface area (Å²) in [5.41, 5.74) is 0.581. The maximum Gasteiger partial charge on any atom is 0.258 e. The van der Waals surface area contributed by atoms with Gasteiger partial charge in [0.1, 0.15) is 5.75 Å². The molecule has 1 aliphatic rings. The molecule has 1 unspecified atom stereocenters. The molecule has 6 heteroatoms. The summed E-state index contributed by atoms with van der Waals surface area (Å²) in [4.78, 5) is 22.9. The second kappa shape index (κ2) is 7.87. The fourth-order valence-electron chi connectivity index (χ4n) is 2.00. The van der Waals surface area contributed by atoms with Crippen LogP contribution in [0.5, 0.6) is 5.75 Å². The molecule has 110 valence electrons. The molecular weight excluding hydrogens is 280 g/mol. The normalized spacial score (nSPS) is 17.1. The van der Waals surface area contributed by atoms with Crippen molar-refractivity contribution in [3.8, 4) is 5.75 Å². The Bertz CT molecular complexity index is 473. The highest BCUT2D eigenvalue weighted by atomic mass is 35.5. The zero-order valence-electron chi connectivity index (χ0n) is 11.3. The predicted molar refractivity (Wildman–Crippen MR) is 78.6 cm³/mol. The molecule has 0 radical (unpaired) electrons. The van der Waals surface area contributed by atoms with E-state index in [2.05, 4.69) is 10.6 Å². The third kappa shape index (κ3) is 4.83. The van der Waals surface area contributed by atoms with E-state index in [0.717, 1.165) is 19.5 Å². The lowest BCUT2D eigenvalue weighted by atomic mass is 10.1. The van der Waals surface area contributed by atoms with E-state index in [4.69, 9.17) is 4.74 Å². The standard InChI is InChI=1S/C14H18N2O3.ClH/c1-10(17)11-3-2-4-13(7-11)19-9-14(18)16-12-5-6-15-8-12;/h2-4,7,12,15H,5-6,8-9H2,1H3,(H,16,18);1H. The van der Waals surface area contributed by atoms with E-state index < -0.39 is 0 Å². The third-order valence-electron chi connectivity index (χ3n) is 3.04. The van der Waals surface area contributed by atoms with Crippen molar-refractivity contribution in [2.24, 2.45) is 0 Å². The van der Waals surface area contributed by atoms with Crippen molar-refractivity contribution in [3.63, 3.8) is 0 Å². The first-order valence-electron chi connectivity index (χ1n) is 6.39. The van der Waals surface area contributed by atoms with E-state index >= 15 is 0 Å². The average molecular weight is 299 g/mol. The molecule has 0 spiro atoms. The second-order valence-corrected chi connectivity index (χ2v) is 4.63. The summed E-state index contributed by atoms with van der Waals surface area (Å²) < 4.78 is 5.38. The molecule has 0 aromatic heterocycles. The van der Waals surface area contributed by atoms with Crippen LogP contribution in [-0.4, -0.2) is 37.4 Å². The SMILES string of the molecule is CC(=O)c1cccc(OCC(=O)NC2CCNC2)c1.Cl. The maximum atomic E-state index is 11.7. The number of hydrogen-bond donors (Lipinski definition) is 2. The number of carbonyl (C=O) groups is 2. The second-order valence-electron chi connectivity index (χ2n) is 4.63. The molecule has 1 aromatic rings. The number of Topliss-reactive ketones (excluding diaryl/α,β-unsaturated/α-hetero) is 1. The minimum atomic E-state index is -0.137. The number of ether oxygens (including phenoxy) is 1. The first-order chi connectivity index (χ1) is 9.15. The van der Waals surface area contributed by atoms with Crippen molar-refractivity contribution in [3.05, 3.63) is 29.8 Å². The number of carbonyl (C=O) groups excluding carboxylic acids is 2. The van der Waals surface area contributed by atoms with Crippen molar-refractivity contribution in [2.45, 2.75) is 19.4 Å². The van der Waals surface area contributed by atoms with Crippen molar-refractivity contribution >= 4 is 24.1 Å². The maximum absolute atomic E-state index is 11.7. The molecule has 0 bridgehead atoms. The van der Waals surface area contributed by atoms with Gasteiger partial charge in [0.2, 0.25) is 0 Å². The van der Waals surface area contributed by atoms with Gasteiger partial charge in [0.05, 0.1) is 0 Å². The monoisotopic (exact) mass is 298 g/mol. The molecule has 0 aliphatic carbocycles. The zero-order valence-corrected chi connectivity index (χ0v) is 12.2. The lowest BCUT2D eigenvalue weighted by molar-refractivity contribution is -0.123. The molecule has 1 saturated heterocycles. The summed E-state index contributed by atoms with van der Waals surface area (Å²) in [5, 5.41) is 6.07. The first kappa shape index (κ1) is 16.5. The van der Waals surface area contributed by atoms with Crippen molar-refractivity contribution in [1.29, 1.82) is 0 Å². The minimum absolute atomic E-state index is 0. The van der Waals surface area contributed by atoms with Crippen LogP contribution in [0.1, 0.15) is 23.7 Å². The van der Waals surface area contributed by atoms with Gasteiger partial charge in [-0.2, -0.15) is 0 Å². The summed E-state index contributed by atoms with van der Waals surface area (Å²) in [6, 6.07) is 7.04. The Morgan fingerprint density at radius 3 is 2.90 bits per heavy atom. The van der Waals surface area contributed by atoms with Crippen molar-refractivity contribution < 1.29 is 14.3 Å². The molecule has 1 amide bonds. The van der Waals surface area contributed by atoms with Crippen LogP contribution in [0, 0.1) is 0 Å². The molecule has 1 aromatic carbocycles. The minimum Gasteiger partial charge on any atom is -0.484 e. The van der Waals surface area contributed by atoms with E-state index in [1.165, 1.54) is 6.92 Å². The molecular formula is C14H19ClN2O3. The highest BCUT2D eigenvalue weighted by Gasteiger charge is 2.16. The van der Waals surface area contributed by atoms with Crippen molar-refractivity contribution in [1.82, 2.24) is 10.6 Å². The number of benzene rings is 1. The molecule has 1 atom stereocenters. The number of halogens is 1. The molecule has 5 nitrogen and oxygen atoms in total. The molecule has 0 saturated carbocycles. The van der Waals surface area contributed by atoms with Gasteiger partial charge in [0.15, 0.2) is 12.4 Å². The Balaban J connectivity index is 0.00000200. The van der Waals surface area contributed by atoms with E-state index in [0.29, 0.717) is 11.3 Å². The highest BCUT2D eigenvalue weighted by Crippen LogP contribution is 2.13. The van der Waals surface area contributed by atoms with Gasteiger partial charge >= 0.3 is 0 Å². The van der Waals surface area contributed by atoms with Gasteiger partial charge in [-0.25, -0.2) is 0 Å². The van der Waals surface area contributed by atoms with Crippen LogP contribution in [0.25, 0.3) is 0 Å². The molecule has 20 heavy (non-hydrogen) atoms. The lowest BCUT2D eigenvalue weighted by Crippen LogP contribution is -2.39. The van der Waals surface area contributed by atoms with E-state index in [1.807, 2.05) is 0 Å². The first-order valence-corrected chi connectivity index (χ1v) is 6.39. The van der Waals surface area contributed by atoms with Crippen LogP contribution >= 0.6 is 12.4 Å². The fourth-order valence-corrected chi connectivity index (χ4v) is 2.00. The van der Waals surface area contributed by atoms with Crippen LogP contribution in [0.4, 0.5) is 0 Å². The van der Waals surface area contributed by atoms with Crippen LogP contribution in [0.2, 0.25) is 0 Å². The largest absolute Gasteiger partial charge is 0.484 e. The van der Waals surface area contributed by atoms with Gasteiger partial charge < -0.3 is 15.4 Å². The number of amides is 1. The molecule has 1 aliphatic heterocycles. The molecule has 2 N–H and O–H groups in total. The summed E-state index contributed by atoms with van der Waals surface area (Å²) in [7, 11) is 0. The molecule has 2 rings (SSSR count). The number of hydrogen-bond acceptors (Lipinski definition) is 4. The van der Waals surface area contributed by atoms with Gasteiger partial charge in [0, 0.05) is 18.2 Å². The van der Waals surface area contributed by atoms with Gasteiger partial charge in [-0.15, -0.1) is 12.4 Å². The third-order valence-corrected chi connectivity index (χ3v) is 3.04. The van der Waals surface area contributed by atoms with E-state index in [1.54, 1.807) is 24.3 Å².